The number of hydrogen-bond donors (Lipinski definition) is 6. The molecule has 308 valence electrons. The maximum Gasteiger partial charge on any atom is 0.491 e. The number of fused-ring (bicyclic) bond motifs is 2. The van der Waals surface area contributed by atoms with E-state index in [1.807, 2.05) is 60.7 Å². The average Bonchev–Trinajstić information content (AvgIpc) is 3.30. The number of pyridine rings is 2. The molecule has 18 heteroatoms. The zero-order valence-electron chi connectivity index (χ0n) is 32.7. The van der Waals surface area contributed by atoms with Gasteiger partial charge in [0, 0.05) is 54.8 Å². The first-order chi connectivity index (χ1) is 30.2. The Balaban J connectivity index is 0.000000173. The van der Waals surface area contributed by atoms with Crippen LogP contribution < -0.4 is 26.7 Å². The van der Waals surface area contributed by atoms with E-state index in [0.29, 0.717) is 66.1 Å². The number of benzene rings is 4. The lowest BCUT2D eigenvalue weighted by molar-refractivity contribution is 0.423. The number of halogens is 3. The molecule has 0 aliphatic rings. The fourth-order valence-electron chi connectivity index (χ4n) is 5.71. The molecule has 0 unspecified atom stereocenters. The van der Waals surface area contributed by atoms with Crippen molar-refractivity contribution < 1.29 is 18.8 Å². The number of rotatable bonds is 12. The second-order valence-electron chi connectivity index (χ2n) is 12.9. The third-order valence-electron chi connectivity index (χ3n) is 8.71. The first kappa shape index (κ1) is 43.7. The van der Waals surface area contributed by atoms with Crippen LogP contribution in [0.4, 0.5) is 32.1 Å². The minimum atomic E-state index is -1.72. The van der Waals surface area contributed by atoms with Crippen LogP contribution in [0.2, 0.25) is 5.28 Å². The monoisotopic (exact) mass is 848 g/mol. The molecule has 0 spiro atoms. The predicted octanol–water partition coefficient (Wildman–Crippen LogP) is 6.81. The molecule has 0 saturated carbocycles. The average molecular weight is 849 g/mol. The fourth-order valence-corrected chi connectivity index (χ4v) is 5.89. The molecule has 14 nitrogen and oxygen atoms in total. The summed E-state index contributed by atoms with van der Waals surface area (Å²) in [6.45, 7) is 2.44. The zero-order valence-corrected chi connectivity index (χ0v) is 33.5. The summed E-state index contributed by atoms with van der Waals surface area (Å²) in [6.07, 6.45) is 3.06. The highest BCUT2D eigenvalue weighted by Gasteiger charge is 2.15. The van der Waals surface area contributed by atoms with Gasteiger partial charge >= 0.3 is 7.12 Å². The Hall–Kier alpha value is -7.83. The standard InChI is InChI=1S/C22H17FN6.C16H13ClN6.C6H6BFO2/c23-18-7-3-1-5-16(18)22-28-19-8-4-2-6-17(19)21(29-22)26-12-11-25-20-10-9-15(13-24)14-27-20;17-16-22-13-4-2-1-3-12(13)15(23-16)20-8-7-19-14-6-5-11(9-18)10-21-14;8-6-4-2-1-3-5(6)7(9)10/h1-10,14H,11-12H2,(H,25,27)(H,26,28,29);1-6,10H,7-8H2,(H,19,21)(H,20,22,23);1-4,9-10H. The molecule has 0 fully saturated rings. The van der Waals surface area contributed by atoms with Crippen molar-refractivity contribution in [2.75, 3.05) is 47.4 Å². The molecule has 0 radical (unpaired) electrons. The molecule has 4 aromatic carbocycles. The Bertz CT molecular complexity index is 2830. The minimum Gasteiger partial charge on any atom is -0.423 e. The van der Waals surface area contributed by atoms with Crippen molar-refractivity contribution >= 4 is 69.3 Å². The second kappa shape index (κ2) is 22.0. The van der Waals surface area contributed by atoms with E-state index in [9.17, 15) is 8.78 Å². The summed E-state index contributed by atoms with van der Waals surface area (Å²) in [5, 5.41) is 49.5. The Kier molecular flexibility index (Phi) is 15.5. The van der Waals surface area contributed by atoms with Crippen molar-refractivity contribution in [2.45, 2.75) is 0 Å². The molecule has 8 rings (SSSR count). The molecule has 0 bridgehead atoms. The number of nitrogens with zero attached hydrogens (tertiary/aromatic N) is 8. The molecular weight excluding hydrogens is 813 g/mol. The highest BCUT2D eigenvalue weighted by atomic mass is 35.5. The predicted molar refractivity (Wildman–Crippen MR) is 238 cm³/mol. The van der Waals surface area contributed by atoms with E-state index in [-0.39, 0.29) is 16.6 Å². The number of para-hydroxylation sites is 2. The van der Waals surface area contributed by atoms with E-state index in [0.717, 1.165) is 27.6 Å². The lowest BCUT2D eigenvalue weighted by Gasteiger charge is -2.12. The van der Waals surface area contributed by atoms with Gasteiger partial charge < -0.3 is 31.3 Å². The van der Waals surface area contributed by atoms with Gasteiger partial charge in [0.2, 0.25) is 5.28 Å². The lowest BCUT2D eigenvalue weighted by atomic mass is 9.80. The SMILES string of the molecule is N#Cc1ccc(NCCNc2nc(-c3ccccc3F)nc3ccccc23)nc1.N#Cc1ccc(NCCNc2nc(Cl)nc3ccccc23)nc1.OB(O)c1ccccc1F. The first-order valence-corrected chi connectivity index (χ1v) is 19.3. The molecule has 62 heavy (non-hydrogen) atoms. The topological polar surface area (TPSA) is 213 Å². The van der Waals surface area contributed by atoms with Gasteiger partial charge in [-0.2, -0.15) is 10.5 Å². The Labute approximate surface area is 360 Å². The third kappa shape index (κ3) is 12.1. The van der Waals surface area contributed by atoms with Crippen molar-refractivity contribution in [1.29, 1.82) is 10.5 Å². The summed E-state index contributed by atoms with van der Waals surface area (Å²) < 4.78 is 26.7. The van der Waals surface area contributed by atoms with E-state index < -0.39 is 12.9 Å². The molecule has 0 atom stereocenters. The molecular formula is C44H36BClF2N12O2. The van der Waals surface area contributed by atoms with E-state index in [1.165, 1.54) is 42.7 Å². The maximum absolute atomic E-state index is 14.2. The third-order valence-corrected chi connectivity index (χ3v) is 8.88. The van der Waals surface area contributed by atoms with Gasteiger partial charge in [0.25, 0.3) is 0 Å². The van der Waals surface area contributed by atoms with Crippen LogP contribution in [0.15, 0.2) is 134 Å². The number of nitrogens with one attached hydrogen (secondary N) is 4. The van der Waals surface area contributed by atoms with Crippen molar-refractivity contribution in [2.24, 2.45) is 0 Å². The van der Waals surface area contributed by atoms with Gasteiger partial charge in [-0.25, -0.2) is 38.7 Å². The normalized spacial score (nSPS) is 10.2. The van der Waals surface area contributed by atoms with Gasteiger partial charge in [0.1, 0.15) is 47.0 Å². The zero-order chi connectivity index (χ0) is 43.7. The van der Waals surface area contributed by atoms with Crippen molar-refractivity contribution in [3.05, 3.63) is 162 Å². The van der Waals surface area contributed by atoms with Crippen molar-refractivity contribution in [3.8, 4) is 23.5 Å². The van der Waals surface area contributed by atoms with Gasteiger partial charge in [-0.1, -0.05) is 54.6 Å². The van der Waals surface area contributed by atoms with E-state index in [1.54, 1.807) is 42.5 Å². The Morgan fingerprint density at radius 2 is 1.03 bits per heavy atom. The largest absolute Gasteiger partial charge is 0.491 e. The number of nitriles is 2. The van der Waals surface area contributed by atoms with Gasteiger partial charge in [-0.05, 0) is 78.3 Å². The Morgan fingerprint density at radius 1 is 0.548 bits per heavy atom. The molecule has 0 saturated heterocycles. The highest BCUT2D eigenvalue weighted by molar-refractivity contribution is 6.58. The van der Waals surface area contributed by atoms with Gasteiger partial charge in [-0.15, -0.1) is 0 Å². The summed E-state index contributed by atoms with van der Waals surface area (Å²) >= 11 is 5.95. The van der Waals surface area contributed by atoms with Crippen LogP contribution in [0.5, 0.6) is 0 Å². The summed E-state index contributed by atoms with van der Waals surface area (Å²) in [6, 6.07) is 38.3. The first-order valence-electron chi connectivity index (χ1n) is 18.9. The second-order valence-corrected chi connectivity index (χ2v) is 13.3. The van der Waals surface area contributed by atoms with Crippen LogP contribution in [0.3, 0.4) is 0 Å². The van der Waals surface area contributed by atoms with E-state index in [4.69, 9.17) is 32.2 Å². The highest BCUT2D eigenvalue weighted by Crippen LogP contribution is 2.26. The van der Waals surface area contributed by atoms with Crippen LogP contribution in [0.25, 0.3) is 33.2 Å². The summed E-state index contributed by atoms with van der Waals surface area (Å²) in [5.74, 6) is 2.13. The van der Waals surface area contributed by atoms with Gasteiger partial charge in [0.05, 0.1) is 27.7 Å². The molecule has 0 amide bonds. The van der Waals surface area contributed by atoms with Crippen molar-refractivity contribution in [3.63, 3.8) is 0 Å². The van der Waals surface area contributed by atoms with Gasteiger partial charge in [-0.3, -0.25) is 0 Å². The molecule has 6 N–H and O–H groups in total. The summed E-state index contributed by atoms with van der Waals surface area (Å²) in [7, 11) is -1.72. The van der Waals surface area contributed by atoms with Crippen LogP contribution >= 0.6 is 11.6 Å². The molecule has 0 aliphatic carbocycles. The fraction of sp³-hybridized carbons (Fsp3) is 0.0909. The molecule has 0 aliphatic heterocycles. The van der Waals surface area contributed by atoms with Crippen LogP contribution in [-0.4, -0.2) is 73.2 Å². The van der Waals surface area contributed by atoms with Crippen molar-refractivity contribution in [1.82, 2.24) is 29.9 Å². The quantitative estimate of drug-likeness (QED) is 0.0424. The smallest absolute Gasteiger partial charge is 0.423 e. The molecule has 4 heterocycles. The molecule has 4 aromatic heterocycles. The summed E-state index contributed by atoms with van der Waals surface area (Å²) in [4.78, 5) is 25.8. The van der Waals surface area contributed by atoms with Crippen LogP contribution in [-0.2, 0) is 0 Å². The maximum atomic E-state index is 14.2. The number of anilines is 4. The number of aromatic nitrogens is 6. The minimum absolute atomic E-state index is 0.0949. The van der Waals surface area contributed by atoms with E-state index >= 15 is 0 Å². The Morgan fingerprint density at radius 3 is 1.53 bits per heavy atom. The van der Waals surface area contributed by atoms with Gasteiger partial charge in [0.15, 0.2) is 5.82 Å². The lowest BCUT2D eigenvalue weighted by Crippen LogP contribution is -2.32. The summed E-state index contributed by atoms with van der Waals surface area (Å²) in [5.41, 5.74) is 2.86. The van der Waals surface area contributed by atoms with E-state index in [2.05, 4.69) is 51.2 Å². The van der Waals surface area contributed by atoms with Crippen LogP contribution in [0, 0.1) is 34.3 Å². The van der Waals surface area contributed by atoms with Crippen LogP contribution in [0.1, 0.15) is 11.1 Å². The molecule has 8 aromatic rings. The number of hydrogen-bond acceptors (Lipinski definition) is 14.